The number of pyridine rings is 1. The smallest absolute Gasteiger partial charge is 0.250 e. The number of nitrogens with zero attached hydrogens (tertiary/aromatic N) is 1. The second-order valence-corrected chi connectivity index (χ2v) is 2.33. The molecule has 0 aromatic carbocycles. The van der Waals surface area contributed by atoms with Crippen molar-refractivity contribution in [2.24, 2.45) is 0 Å². The summed E-state index contributed by atoms with van der Waals surface area (Å²) in [7, 11) is 0. The van der Waals surface area contributed by atoms with Crippen LogP contribution in [0.15, 0.2) is 23.1 Å². The van der Waals surface area contributed by atoms with Crippen molar-refractivity contribution in [2.45, 2.75) is 34.2 Å². The largest absolute Gasteiger partial charge is 0.316 e. The van der Waals surface area contributed by atoms with Crippen LogP contribution in [0.5, 0.6) is 0 Å². The van der Waals surface area contributed by atoms with E-state index in [2.05, 4.69) is 0 Å². The zero-order valence-corrected chi connectivity index (χ0v) is 8.29. The summed E-state index contributed by atoms with van der Waals surface area (Å²) in [6, 6.07) is 3.42. The monoisotopic (exact) mass is 167 g/mol. The minimum atomic E-state index is 0.0769. The summed E-state index contributed by atoms with van der Waals surface area (Å²) < 4.78 is 1.69. The summed E-state index contributed by atoms with van der Waals surface area (Å²) in [5, 5.41) is 0. The van der Waals surface area contributed by atoms with Gasteiger partial charge in [0, 0.05) is 18.8 Å². The molecule has 1 rings (SSSR count). The van der Waals surface area contributed by atoms with Gasteiger partial charge in [-0.1, -0.05) is 19.9 Å². The van der Waals surface area contributed by atoms with E-state index >= 15 is 0 Å². The predicted molar refractivity (Wildman–Crippen MR) is 52.5 cm³/mol. The van der Waals surface area contributed by atoms with Crippen LogP contribution < -0.4 is 5.56 Å². The lowest BCUT2D eigenvalue weighted by Gasteiger charge is -2.00. The number of hydrogen-bond acceptors (Lipinski definition) is 1. The first-order valence-electron chi connectivity index (χ1n) is 4.41. The standard InChI is InChI=1S/C8H11NO.C2H6/c1-3-9-6-7(2)4-5-8(9)10;1-2/h4-6H,3H2,1-2H3;1-2H3. The summed E-state index contributed by atoms with van der Waals surface area (Å²) >= 11 is 0. The van der Waals surface area contributed by atoms with Crippen molar-refractivity contribution in [3.05, 3.63) is 34.2 Å². The van der Waals surface area contributed by atoms with Gasteiger partial charge < -0.3 is 4.57 Å². The highest BCUT2D eigenvalue weighted by molar-refractivity contribution is 5.06. The average Bonchev–Trinajstić information content (AvgIpc) is 2.13. The molecule has 0 aliphatic rings. The summed E-state index contributed by atoms with van der Waals surface area (Å²) in [4.78, 5) is 11.0. The highest BCUT2D eigenvalue weighted by atomic mass is 16.1. The van der Waals surface area contributed by atoms with Gasteiger partial charge in [-0.15, -0.1) is 0 Å². The van der Waals surface area contributed by atoms with E-state index in [1.165, 1.54) is 0 Å². The fourth-order valence-corrected chi connectivity index (χ4v) is 0.898. The van der Waals surface area contributed by atoms with E-state index < -0.39 is 0 Å². The first-order valence-corrected chi connectivity index (χ1v) is 4.41. The maximum atomic E-state index is 11.0. The molecule has 0 fully saturated rings. The van der Waals surface area contributed by atoms with Gasteiger partial charge in [0.15, 0.2) is 0 Å². The zero-order chi connectivity index (χ0) is 9.56. The molecular formula is C10H17NO. The Bertz CT molecular complexity index is 275. The van der Waals surface area contributed by atoms with Gasteiger partial charge in [-0.05, 0) is 19.4 Å². The molecule has 0 aliphatic carbocycles. The molecule has 1 aromatic rings. The van der Waals surface area contributed by atoms with Crippen LogP contribution in [0.25, 0.3) is 0 Å². The number of hydrogen-bond donors (Lipinski definition) is 0. The molecule has 2 heteroatoms. The lowest BCUT2D eigenvalue weighted by atomic mass is 10.3. The maximum absolute atomic E-state index is 11.0. The SMILES string of the molecule is CC.CCn1cc(C)ccc1=O. The van der Waals surface area contributed by atoms with Crippen molar-refractivity contribution in [1.82, 2.24) is 4.57 Å². The van der Waals surface area contributed by atoms with Gasteiger partial charge in [-0.2, -0.15) is 0 Å². The van der Waals surface area contributed by atoms with Crippen LogP contribution in [0.4, 0.5) is 0 Å². The maximum Gasteiger partial charge on any atom is 0.250 e. The van der Waals surface area contributed by atoms with E-state index in [0.717, 1.165) is 12.1 Å². The Hall–Kier alpha value is -1.05. The van der Waals surface area contributed by atoms with Gasteiger partial charge in [0.05, 0.1) is 0 Å². The molecule has 0 spiro atoms. The number of aromatic nitrogens is 1. The molecule has 0 bridgehead atoms. The Morgan fingerprint density at radius 2 is 1.92 bits per heavy atom. The van der Waals surface area contributed by atoms with Crippen molar-refractivity contribution in [2.75, 3.05) is 0 Å². The van der Waals surface area contributed by atoms with Crippen molar-refractivity contribution >= 4 is 0 Å². The third-order valence-corrected chi connectivity index (χ3v) is 1.47. The Balaban J connectivity index is 0.000000561. The Morgan fingerprint density at radius 3 is 2.33 bits per heavy atom. The van der Waals surface area contributed by atoms with Crippen LogP contribution in [-0.4, -0.2) is 4.57 Å². The summed E-state index contributed by atoms with van der Waals surface area (Å²) in [5.74, 6) is 0. The third-order valence-electron chi connectivity index (χ3n) is 1.47. The van der Waals surface area contributed by atoms with Crippen molar-refractivity contribution in [1.29, 1.82) is 0 Å². The van der Waals surface area contributed by atoms with Crippen LogP contribution in [0.2, 0.25) is 0 Å². The van der Waals surface area contributed by atoms with E-state index in [0.29, 0.717) is 0 Å². The van der Waals surface area contributed by atoms with E-state index in [-0.39, 0.29) is 5.56 Å². The van der Waals surface area contributed by atoms with Gasteiger partial charge >= 0.3 is 0 Å². The van der Waals surface area contributed by atoms with Gasteiger partial charge in [0.2, 0.25) is 0 Å². The third kappa shape index (κ3) is 2.91. The lowest BCUT2D eigenvalue weighted by molar-refractivity contribution is 0.723. The fraction of sp³-hybridized carbons (Fsp3) is 0.500. The highest BCUT2D eigenvalue weighted by Crippen LogP contribution is 1.90. The Kier molecular flexibility index (Phi) is 5.09. The highest BCUT2D eigenvalue weighted by Gasteiger charge is 1.90. The minimum Gasteiger partial charge on any atom is -0.316 e. The van der Waals surface area contributed by atoms with Crippen LogP contribution >= 0.6 is 0 Å². The molecule has 2 nitrogen and oxygen atoms in total. The molecular weight excluding hydrogens is 150 g/mol. The quantitative estimate of drug-likeness (QED) is 0.628. The molecule has 1 heterocycles. The van der Waals surface area contributed by atoms with Crippen LogP contribution in [0.3, 0.4) is 0 Å². The van der Waals surface area contributed by atoms with Crippen LogP contribution in [-0.2, 0) is 6.54 Å². The first kappa shape index (κ1) is 11.0. The molecule has 0 radical (unpaired) electrons. The molecule has 0 saturated heterocycles. The molecule has 0 atom stereocenters. The summed E-state index contributed by atoms with van der Waals surface area (Å²) in [6.45, 7) is 8.69. The lowest BCUT2D eigenvalue weighted by Crippen LogP contribution is -2.16. The predicted octanol–water partition coefficient (Wildman–Crippen LogP) is 2.20. The number of aryl methyl sites for hydroxylation is 2. The van der Waals surface area contributed by atoms with Gasteiger partial charge in [-0.25, -0.2) is 0 Å². The van der Waals surface area contributed by atoms with Crippen molar-refractivity contribution in [3.8, 4) is 0 Å². The average molecular weight is 167 g/mol. The molecule has 0 amide bonds. The van der Waals surface area contributed by atoms with E-state index in [1.54, 1.807) is 10.6 Å². The van der Waals surface area contributed by atoms with E-state index in [9.17, 15) is 4.79 Å². The molecule has 0 saturated carbocycles. The fourth-order valence-electron chi connectivity index (χ4n) is 0.898. The van der Waals surface area contributed by atoms with Crippen LogP contribution in [0, 0.1) is 6.92 Å². The Morgan fingerprint density at radius 1 is 1.33 bits per heavy atom. The van der Waals surface area contributed by atoms with Gasteiger partial charge in [-0.3, -0.25) is 4.79 Å². The first-order chi connectivity index (χ1) is 5.74. The van der Waals surface area contributed by atoms with E-state index in [4.69, 9.17) is 0 Å². The topological polar surface area (TPSA) is 22.0 Å². The van der Waals surface area contributed by atoms with Gasteiger partial charge in [0.25, 0.3) is 5.56 Å². The molecule has 0 N–H and O–H groups in total. The summed E-state index contributed by atoms with van der Waals surface area (Å²) in [5.41, 5.74) is 1.20. The van der Waals surface area contributed by atoms with E-state index in [1.807, 2.05) is 40.0 Å². The molecule has 68 valence electrons. The van der Waals surface area contributed by atoms with Gasteiger partial charge in [0.1, 0.15) is 0 Å². The second-order valence-electron chi connectivity index (χ2n) is 2.33. The molecule has 0 unspecified atom stereocenters. The zero-order valence-electron chi connectivity index (χ0n) is 8.29. The van der Waals surface area contributed by atoms with Crippen LogP contribution in [0.1, 0.15) is 26.3 Å². The molecule has 0 aliphatic heterocycles. The molecule has 12 heavy (non-hydrogen) atoms. The second kappa shape index (κ2) is 5.58. The minimum absolute atomic E-state index is 0.0769. The summed E-state index contributed by atoms with van der Waals surface area (Å²) in [6.07, 6.45) is 1.86. The molecule has 1 aromatic heterocycles. The number of rotatable bonds is 1. The Labute approximate surface area is 73.9 Å². The normalized spacial score (nSPS) is 8.67. The van der Waals surface area contributed by atoms with Crippen molar-refractivity contribution in [3.63, 3.8) is 0 Å². The van der Waals surface area contributed by atoms with Crippen molar-refractivity contribution < 1.29 is 0 Å².